The Morgan fingerprint density at radius 3 is 2.50 bits per heavy atom. The number of carbonyl (C=O) groups is 1. The van der Waals surface area contributed by atoms with Gasteiger partial charge in [0.2, 0.25) is 0 Å². The van der Waals surface area contributed by atoms with Crippen molar-refractivity contribution in [2.24, 2.45) is 0 Å². The van der Waals surface area contributed by atoms with Crippen LogP contribution in [0.15, 0.2) is 36.4 Å². The highest BCUT2D eigenvalue weighted by Gasteiger charge is 2.16. The van der Waals surface area contributed by atoms with Gasteiger partial charge >= 0.3 is 0 Å². The summed E-state index contributed by atoms with van der Waals surface area (Å²) in [6.45, 7) is 5.90. The molecule has 0 aliphatic carbocycles. The van der Waals surface area contributed by atoms with Crippen molar-refractivity contribution in [1.29, 1.82) is 0 Å². The van der Waals surface area contributed by atoms with Crippen LogP contribution in [0, 0.1) is 12.7 Å². The van der Waals surface area contributed by atoms with Gasteiger partial charge in [-0.05, 0) is 48.2 Å². The van der Waals surface area contributed by atoms with Crippen LogP contribution in [0.4, 0.5) is 10.1 Å². The smallest absolute Gasteiger partial charge is 0.256 e. The molecule has 0 spiro atoms. The second-order valence-electron chi connectivity index (χ2n) is 5.50. The minimum Gasteiger partial charge on any atom is -0.496 e. The maximum atomic E-state index is 13.7. The molecule has 3 nitrogen and oxygen atoms in total. The number of anilines is 1. The third kappa shape index (κ3) is 3.27. The summed E-state index contributed by atoms with van der Waals surface area (Å²) in [4.78, 5) is 12.4. The van der Waals surface area contributed by atoms with Gasteiger partial charge in [-0.15, -0.1) is 0 Å². The molecule has 0 aliphatic heterocycles. The standard InChI is InChI=1S/C18H20FNO2/c1-11(2)13-10-14(12(3)9-17(13)22-4)18(21)20-16-8-6-5-7-15(16)19/h5-11H,1-4H3,(H,20,21). The molecule has 0 saturated carbocycles. The van der Waals surface area contributed by atoms with Crippen molar-refractivity contribution in [2.75, 3.05) is 12.4 Å². The number of halogens is 1. The highest BCUT2D eigenvalue weighted by molar-refractivity contribution is 6.05. The molecule has 4 heteroatoms. The monoisotopic (exact) mass is 301 g/mol. The van der Waals surface area contributed by atoms with Gasteiger partial charge in [-0.3, -0.25) is 4.79 Å². The maximum Gasteiger partial charge on any atom is 0.256 e. The molecule has 0 heterocycles. The molecule has 2 aromatic rings. The van der Waals surface area contributed by atoms with Gasteiger partial charge in [0.15, 0.2) is 0 Å². The Labute approximate surface area is 130 Å². The average molecular weight is 301 g/mol. The van der Waals surface area contributed by atoms with E-state index in [0.717, 1.165) is 16.9 Å². The first-order valence-electron chi connectivity index (χ1n) is 7.18. The van der Waals surface area contributed by atoms with Crippen molar-refractivity contribution in [1.82, 2.24) is 0 Å². The molecule has 1 amide bonds. The Hall–Kier alpha value is -2.36. The third-order valence-electron chi connectivity index (χ3n) is 3.57. The van der Waals surface area contributed by atoms with Gasteiger partial charge in [0, 0.05) is 5.56 Å². The zero-order valence-electron chi connectivity index (χ0n) is 13.2. The predicted octanol–water partition coefficient (Wildman–Crippen LogP) is 4.52. The van der Waals surface area contributed by atoms with Crippen molar-refractivity contribution in [3.8, 4) is 5.75 Å². The molecule has 0 unspecified atom stereocenters. The summed E-state index contributed by atoms with van der Waals surface area (Å²) in [7, 11) is 1.61. The summed E-state index contributed by atoms with van der Waals surface area (Å²) in [6, 6.07) is 9.77. The van der Waals surface area contributed by atoms with Crippen LogP contribution in [-0.4, -0.2) is 13.0 Å². The lowest BCUT2D eigenvalue weighted by Crippen LogP contribution is -2.15. The Morgan fingerprint density at radius 1 is 1.23 bits per heavy atom. The number of rotatable bonds is 4. The normalized spacial score (nSPS) is 10.6. The fraction of sp³-hybridized carbons (Fsp3) is 0.278. The second-order valence-corrected chi connectivity index (χ2v) is 5.50. The number of amides is 1. The number of nitrogens with one attached hydrogen (secondary N) is 1. The van der Waals surface area contributed by atoms with Gasteiger partial charge in [0.05, 0.1) is 12.8 Å². The van der Waals surface area contributed by atoms with E-state index in [1.807, 2.05) is 32.9 Å². The molecule has 0 saturated heterocycles. The number of hydrogen-bond donors (Lipinski definition) is 1. The Balaban J connectivity index is 2.37. The lowest BCUT2D eigenvalue weighted by molar-refractivity contribution is 0.102. The van der Waals surface area contributed by atoms with E-state index < -0.39 is 5.82 Å². The molecule has 0 atom stereocenters. The van der Waals surface area contributed by atoms with Crippen LogP contribution in [0.25, 0.3) is 0 Å². The van der Waals surface area contributed by atoms with E-state index in [2.05, 4.69) is 5.32 Å². The first kappa shape index (κ1) is 16.0. The highest BCUT2D eigenvalue weighted by atomic mass is 19.1. The maximum absolute atomic E-state index is 13.7. The Bertz CT molecular complexity index is 695. The third-order valence-corrected chi connectivity index (χ3v) is 3.57. The number of methoxy groups -OCH3 is 1. The largest absolute Gasteiger partial charge is 0.496 e. The average Bonchev–Trinajstić information content (AvgIpc) is 2.48. The lowest BCUT2D eigenvalue weighted by Gasteiger charge is -2.16. The fourth-order valence-corrected chi connectivity index (χ4v) is 2.32. The molecular weight excluding hydrogens is 281 g/mol. The van der Waals surface area contributed by atoms with E-state index in [1.165, 1.54) is 12.1 Å². The van der Waals surface area contributed by atoms with Gasteiger partial charge in [0.25, 0.3) is 5.91 Å². The second kappa shape index (κ2) is 6.60. The van der Waals surface area contributed by atoms with Crippen LogP contribution < -0.4 is 10.1 Å². The van der Waals surface area contributed by atoms with Crippen LogP contribution in [0.3, 0.4) is 0 Å². The SMILES string of the molecule is COc1cc(C)c(C(=O)Nc2ccccc2F)cc1C(C)C. The summed E-state index contributed by atoms with van der Waals surface area (Å²) >= 11 is 0. The molecular formula is C18H20FNO2. The highest BCUT2D eigenvalue weighted by Crippen LogP contribution is 2.30. The molecule has 116 valence electrons. The lowest BCUT2D eigenvalue weighted by atomic mass is 9.96. The number of aryl methyl sites for hydroxylation is 1. The van der Waals surface area contributed by atoms with Crippen molar-refractivity contribution in [3.05, 3.63) is 58.9 Å². The molecule has 0 radical (unpaired) electrons. The minimum atomic E-state index is -0.453. The van der Waals surface area contributed by atoms with Gasteiger partial charge in [-0.25, -0.2) is 4.39 Å². The van der Waals surface area contributed by atoms with Crippen LogP contribution >= 0.6 is 0 Å². The van der Waals surface area contributed by atoms with Crippen molar-refractivity contribution in [2.45, 2.75) is 26.7 Å². The molecule has 0 aromatic heterocycles. The van der Waals surface area contributed by atoms with Crippen LogP contribution in [-0.2, 0) is 0 Å². The van der Waals surface area contributed by atoms with E-state index >= 15 is 0 Å². The number of ether oxygens (including phenoxy) is 1. The predicted molar refractivity (Wildman–Crippen MR) is 86.2 cm³/mol. The number of carbonyl (C=O) groups excluding carboxylic acids is 1. The van der Waals surface area contributed by atoms with Crippen molar-refractivity contribution in [3.63, 3.8) is 0 Å². The summed E-state index contributed by atoms with van der Waals surface area (Å²) in [5.74, 6) is 0.198. The fourth-order valence-electron chi connectivity index (χ4n) is 2.32. The summed E-state index contributed by atoms with van der Waals surface area (Å²) in [5.41, 5.74) is 2.43. The van der Waals surface area contributed by atoms with Gasteiger partial charge in [0.1, 0.15) is 11.6 Å². The first-order chi connectivity index (χ1) is 10.4. The number of benzene rings is 2. The van der Waals surface area contributed by atoms with Crippen LogP contribution in [0.2, 0.25) is 0 Å². The molecule has 2 aromatic carbocycles. The molecule has 22 heavy (non-hydrogen) atoms. The Kier molecular flexibility index (Phi) is 4.81. The summed E-state index contributed by atoms with van der Waals surface area (Å²) in [6.07, 6.45) is 0. The zero-order chi connectivity index (χ0) is 16.3. The van der Waals surface area contributed by atoms with E-state index in [-0.39, 0.29) is 17.5 Å². The number of para-hydroxylation sites is 1. The first-order valence-corrected chi connectivity index (χ1v) is 7.18. The molecule has 0 bridgehead atoms. The Morgan fingerprint density at radius 2 is 1.91 bits per heavy atom. The van der Waals surface area contributed by atoms with Crippen molar-refractivity contribution >= 4 is 11.6 Å². The summed E-state index contributed by atoms with van der Waals surface area (Å²) in [5, 5.41) is 2.62. The quantitative estimate of drug-likeness (QED) is 0.901. The topological polar surface area (TPSA) is 38.3 Å². The van der Waals surface area contributed by atoms with Gasteiger partial charge < -0.3 is 10.1 Å². The van der Waals surface area contributed by atoms with E-state index in [0.29, 0.717) is 5.56 Å². The van der Waals surface area contributed by atoms with E-state index in [1.54, 1.807) is 19.2 Å². The molecule has 0 fully saturated rings. The van der Waals surface area contributed by atoms with Gasteiger partial charge in [-0.2, -0.15) is 0 Å². The zero-order valence-corrected chi connectivity index (χ0v) is 13.2. The van der Waals surface area contributed by atoms with Crippen LogP contribution in [0.1, 0.15) is 41.3 Å². The van der Waals surface area contributed by atoms with Crippen LogP contribution in [0.5, 0.6) is 5.75 Å². The molecule has 0 aliphatic rings. The number of hydrogen-bond acceptors (Lipinski definition) is 2. The van der Waals surface area contributed by atoms with E-state index in [9.17, 15) is 9.18 Å². The molecule has 2 rings (SSSR count). The van der Waals surface area contributed by atoms with Crippen molar-refractivity contribution < 1.29 is 13.9 Å². The van der Waals surface area contributed by atoms with Gasteiger partial charge in [-0.1, -0.05) is 26.0 Å². The molecule has 1 N–H and O–H groups in total. The minimum absolute atomic E-state index is 0.175. The van der Waals surface area contributed by atoms with E-state index in [4.69, 9.17) is 4.74 Å². The summed E-state index contributed by atoms with van der Waals surface area (Å²) < 4.78 is 19.0.